The van der Waals surface area contributed by atoms with Crippen molar-refractivity contribution in [3.05, 3.63) is 64.8 Å². The number of pyridine rings is 1. The number of hydrogen-bond acceptors (Lipinski definition) is 6. The Morgan fingerprint density at radius 1 is 1.34 bits per heavy atom. The molecule has 0 unspecified atom stereocenters. The molecule has 0 aliphatic rings. The van der Waals surface area contributed by atoms with Gasteiger partial charge in [0, 0.05) is 31.2 Å². The number of rotatable bonds is 8. The van der Waals surface area contributed by atoms with Crippen LogP contribution in [0.4, 0.5) is 0 Å². The molecule has 0 aliphatic carbocycles. The Kier molecular flexibility index (Phi) is 6.81. The molecule has 3 aromatic rings. The lowest BCUT2D eigenvalue weighted by Crippen LogP contribution is -2.28. The minimum atomic E-state index is -0.289. The lowest BCUT2D eigenvalue weighted by Gasteiger charge is -2.14. The zero-order valence-electron chi connectivity index (χ0n) is 15.6. The molecule has 1 aromatic carbocycles. The highest BCUT2D eigenvalue weighted by molar-refractivity contribution is 9.10. The summed E-state index contributed by atoms with van der Waals surface area (Å²) < 4.78 is 13.5. The van der Waals surface area contributed by atoms with Crippen LogP contribution in [0.2, 0.25) is 0 Å². The molecule has 0 aliphatic heterocycles. The van der Waals surface area contributed by atoms with Gasteiger partial charge in [-0.15, -0.1) is 0 Å². The van der Waals surface area contributed by atoms with Gasteiger partial charge in [0.2, 0.25) is 0 Å². The molecule has 0 spiro atoms. The molecule has 0 bridgehead atoms. The monoisotopic (exact) mass is 455 g/mol. The van der Waals surface area contributed by atoms with Crippen molar-refractivity contribution in [2.45, 2.75) is 13.5 Å². The molecule has 1 amide bonds. The Morgan fingerprint density at radius 2 is 2.21 bits per heavy atom. The van der Waals surface area contributed by atoms with E-state index >= 15 is 0 Å². The summed E-state index contributed by atoms with van der Waals surface area (Å²) in [5.74, 6) is 1.25. The summed E-state index contributed by atoms with van der Waals surface area (Å²) >= 11 is 3.36. The minimum absolute atomic E-state index is 0.189. The van der Waals surface area contributed by atoms with E-state index in [4.69, 9.17) is 14.7 Å². The van der Waals surface area contributed by atoms with Crippen LogP contribution in [-0.2, 0) is 11.3 Å². The minimum Gasteiger partial charge on any atom is -0.490 e. The second-order valence-electron chi connectivity index (χ2n) is 5.89. The van der Waals surface area contributed by atoms with E-state index in [0.717, 1.165) is 11.4 Å². The molecule has 29 heavy (non-hydrogen) atoms. The first-order chi connectivity index (χ1) is 14.1. The number of hydrogen-bond donors (Lipinski definition) is 1. The van der Waals surface area contributed by atoms with Crippen LogP contribution < -0.4 is 14.8 Å². The molecule has 0 saturated carbocycles. The van der Waals surface area contributed by atoms with Gasteiger partial charge in [-0.2, -0.15) is 5.26 Å². The zero-order valence-corrected chi connectivity index (χ0v) is 17.2. The zero-order chi connectivity index (χ0) is 20.6. The third-order valence-corrected chi connectivity index (χ3v) is 4.44. The average Bonchev–Trinajstić information content (AvgIpc) is 3.27. The number of carbonyl (C=O) groups excluding carboxylic acids is 1. The topological polar surface area (TPSA) is 102 Å². The fourth-order valence-corrected chi connectivity index (χ4v) is 3.05. The number of amides is 1. The lowest BCUT2D eigenvalue weighted by molar-refractivity contribution is -0.123. The van der Waals surface area contributed by atoms with E-state index in [1.807, 2.05) is 19.1 Å². The van der Waals surface area contributed by atoms with Gasteiger partial charge in [-0.25, -0.2) is 9.97 Å². The van der Waals surface area contributed by atoms with Crippen molar-refractivity contribution < 1.29 is 14.3 Å². The summed E-state index contributed by atoms with van der Waals surface area (Å²) in [6.45, 7) is 2.37. The molecule has 0 atom stereocenters. The second kappa shape index (κ2) is 9.71. The van der Waals surface area contributed by atoms with Crippen LogP contribution in [0.15, 0.2) is 53.7 Å². The van der Waals surface area contributed by atoms with Crippen molar-refractivity contribution in [3.8, 4) is 23.4 Å². The van der Waals surface area contributed by atoms with E-state index in [1.165, 1.54) is 0 Å². The normalized spacial score (nSPS) is 10.2. The smallest absolute Gasteiger partial charge is 0.258 e. The van der Waals surface area contributed by atoms with Gasteiger partial charge in [-0.05, 0) is 40.5 Å². The SMILES string of the molecule is CCOc1cc(C#N)cc(Br)c1OCC(=O)NCc1ccc(-n2ccnc2)nc1. The van der Waals surface area contributed by atoms with Crippen LogP contribution in [0.25, 0.3) is 5.82 Å². The number of nitriles is 1. The molecule has 0 fully saturated rings. The Morgan fingerprint density at radius 3 is 2.86 bits per heavy atom. The van der Waals surface area contributed by atoms with E-state index in [9.17, 15) is 4.79 Å². The summed E-state index contributed by atoms with van der Waals surface area (Å²) in [6.07, 6.45) is 6.84. The first-order valence-corrected chi connectivity index (χ1v) is 9.59. The maximum Gasteiger partial charge on any atom is 0.258 e. The summed E-state index contributed by atoms with van der Waals surface area (Å²) in [6, 6.07) is 8.98. The molecule has 3 rings (SSSR count). The average molecular weight is 456 g/mol. The molecule has 2 heterocycles. The van der Waals surface area contributed by atoms with Gasteiger partial charge in [0.15, 0.2) is 18.1 Å². The van der Waals surface area contributed by atoms with E-state index in [1.54, 1.807) is 41.6 Å². The predicted molar refractivity (Wildman–Crippen MR) is 109 cm³/mol. The first kappa shape index (κ1) is 20.4. The van der Waals surface area contributed by atoms with Crippen LogP contribution in [0.1, 0.15) is 18.1 Å². The van der Waals surface area contributed by atoms with Gasteiger partial charge in [0.25, 0.3) is 5.91 Å². The largest absolute Gasteiger partial charge is 0.490 e. The molecule has 0 radical (unpaired) electrons. The summed E-state index contributed by atoms with van der Waals surface area (Å²) in [5.41, 5.74) is 1.29. The Labute approximate surface area is 176 Å². The number of halogens is 1. The highest BCUT2D eigenvalue weighted by Gasteiger charge is 2.14. The van der Waals surface area contributed by atoms with Gasteiger partial charge in [-0.1, -0.05) is 6.07 Å². The summed E-state index contributed by atoms with van der Waals surface area (Å²) in [5, 5.41) is 11.9. The van der Waals surface area contributed by atoms with E-state index in [0.29, 0.717) is 34.7 Å². The molecule has 1 N–H and O–H groups in total. The van der Waals surface area contributed by atoms with E-state index < -0.39 is 0 Å². The van der Waals surface area contributed by atoms with Crippen molar-refractivity contribution >= 4 is 21.8 Å². The number of ether oxygens (including phenoxy) is 2. The maximum absolute atomic E-state index is 12.2. The third kappa shape index (κ3) is 5.33. The lowest BCUT2D eigenvalue weighted by atomic mass is 10.2. The van der Waals surface area contributed by atoms with Gasteiger partial charge < -0.3 is 14.8 Å². The molecular formula is C20H18BrN5O3. The second-order valence-corrected chi connectivity index (χ2v) is 6.74. The Balaban J connectivity index is 1.56. The molecule has 8 nitrogen and oxygen atoms in total. The van der Waals surface area contributed by atoms with Crippen LogP contribution in [0.5, 0.6) is 11.5 Å². The van der Waals surface area contributed by atoms with Crippen molar-refractivity contribution in [2.75, 3.05) is 13.2 Å². The van der Waals surface area contributed by atoms with Crippen LogP contribution >= 0.6 is 15.9 Å². The number of carbonyl (C=O) groups is 1. The quantitative estimate of drug-likeness (QED) is 0.559. The summed E-state index contributed by atoms with van der Waals surface area (Å²) in [4.78, 5) is 20.5. The summed E-state index contributed by atoms with van der Waals surface area (Å²) in [7, 11) is 0. The fraction of sp³-hybridized carbons (Fsp3) is 0.200. The number of nitrogens with one attached hydrogen (secondary N) is 1. The number of imidazole rings is 1. The highest BCUT2D eigenvalue weighted by atomic mass is 79.9. The fourth-order valence-electron chi connectivity index (χ4n) is 2.49. The van der Waals surface area contributed by atoms with Gasteiger partial charge in [0.05, 0.1) is 22.7 Å². The predicted octanol–water partition coefficient (Wildman–Crippen LogP) is 3.00. The molecule has 2 aromatic heterocycles. The molecule has 148 valence electrons. The van der Waals surface area contributed by atoms with Crippen molar-refractivity contribution in [2.24, 2.45) is 0 Å². The van der Waals surface area contributed by atoms with Crippen molar-refractivity contribution in [1.29, 1.82) is 5.26 Å². The molecule has 0 saturated heterocycles. The highest BCUT2D eigenvalue weighted by Crippen LogP contribution is 2.36. The number of nitrogens with zero attached hydrogens (tertiary/aromatic N) is 4. The number of benzene rings is 1. The van der Waals surface area contributed by atoms with Crippen LogP contribution in [0.3, 0.4) is 0 Å². The van der Waals surface area contributed by atoms with Crippen molar-refractivity contribution in [3.63, 3.8) is 0 Å². The van der Waals surface area contributed by atoms with Crippen LogP contribution in [0, 0.1) is 11.3 Å². The van der Waals surface area contributed by atoms with Gasteiger partial charge in [-0.3, -0.25) is 9.36 Å². The maximum atomic E-state index is 12.2. The Hall–Kier alpha value is -3.38. The van der Waals surface area contributed by atoms with Gasteiger partial charge >= 0.3 is 0 Å². The first-order valence-electron chi connectivity index (χ1n) is 8.80. The van der Waals surface area contributed by atoms with Gasteiger partial charge in [0.1, 0.15) is 12.1 Å². The molecule has 9 heteroatoms. The number of aromatic nitrogens is 3. The van der Waals surface area contributed by atoms with E-state index in [2.05, 4.69) is 37.3 Å². The molecular weight excluding hydrogens is 438 g/mol. The van der Waals surface area contributed by atoms with Crippen LogP contribution in [-0.4, -0.2) is 33.7 Å². The van der Waals surface area contributed by atoms with E-state index in [-0.39, 0.29) is 12.5 Å². The standard InChI is InChI=1S/C20H18BrN5O3/c1-2-28-17-8-15(9-22)7-16(21)20(17)29-12-19(27)25-11-14-3-4-18(24-10-14)26-6-5-23-13-26/h3-8,10,13H,2,11-12H2,1H3,(H,25,27). The Bertz CT molecular complexity index is 1010. The third-order valence-electron chi connectivity index (χ3n) is 3.85. The van der Waals surface area contributed by atoms with Crippen molar-refractivity contribution in [1.82, 2.24) is 19.9 Å².